The SMILES string of the molecule is ClCCC(Cl)C(Cl)[O][Zr]. The van der Waals surface area contributed by atoms with E-state index in [1.165, 1.54) is 0 Å². The molecule has 0 heterocycles. The van der Waals surface area contributed by atoms with Crippen LogP contribution in [0.15, 0.2) is 0 Å². The summed E-state index contributed by atoms with van der Waals surface area (Å²) < 4.78 is 4.83. The Morgan fingerprint density at radius 2 is 2.00 bits per heavy atom. The third kappa shape index (κ3) is 5.03. The fraction of sp³-hybridized carbons (Fsp3) is 1.00. The molecule has 0 aromatic rings. The van der Waals surface area contributed by atoms with E-state index in [1.807, 2.05) is 0 Å². The van der Waals surface area contributed by atoms with Gasteiger partial charge in [-0.05, 0) is 0 Å². The van der Waals surface area contributed by atoms with Crippen LogP contribution >= 0.6 is 34.8 Å². The van der Waals surface area contributed by atoms with Crippen molar-refractivity contribution in [3.63, 3.8) is 0 Å². The van der Waals surface area contributed by atoms with Crippen LogP contribution in [0.1, 0.15) is 6.42 Å². The van der Waals surface area contributed by atoms with Crippen molar-refractivity contribution in [2.24, 2.45) is 0 Å². The summed E-state index contributed by atoms with van der Waals surface area (Å²) >= 11 is 17.6. The maximum atomic E-state index is 5.70. The normalized spacial score (nSPS) is 17.1. The van der Waals surface area contributed by atoms with Crippen LogP contribution in [0.3, 0.4) is 0 Å². The van der Waals surface area contributed by atoms with Gasteiger partial charge in [-0.2, -0.15) is 0 Å². The van der Waals surface area contributed by atoms with Gasteiger partial charge in [-0.3, -0.25) is 0 Å². The molecule has 0 spiro atoms. The van der Waals surface area contributed by atoms with E-state index in [1.54, 1.807) is 0 Å². The fourth-order valence-corrected chi connectivity index (χ4v) is 1.56. The van der Waals surface area contributed by atoms with E-state index in [9.17, 15) is 0 Å². The van der Waals surface area contributed by atoms with E-state index in [0.717, 1.165) is 25.2 Å². The van der Waals surface area contributed by atoms with E-state index >= 15 is 0 Å². The summed E-state index contributed by atoms with van der Waals surface area (Å²) in [5.74, 6) is 0.525. The molecule has 0 aromatic heterocycles. The summed E-state index contributed by atoms with van der Waals surface area (Å²) in [4.78, 5) is 0. The predicted octanol–water partition coefficient (Wildman–Crippen LogP) is 2.27. The summed E-state index contributed by atoms with van der Waals surface area (Å²) in [5.41, 5.74) is -0.386. The minimum atomic E-state index is -0.386. The van der Waals surface area contributed by atoms with Gasteiger partial charge in [0.15, 0.2) is 0 Å². The maximum absolute atomic E-state index is 5.70. The molecule has 0 saturated carbocycles. The summed E-state index contributed by atoms with van der Waals surface area (Å²) in [7, 11) is 0. The third-order valence-electron chi connectivity index (χ3n) is 0.782. The van der Waals surface area contributed by atoms with Crippen molar-refractivity contribution in [2.45, 2.75) is 17.4 Å². The Morgan fingerprint density at radius 1 is 1.44 bits per heavy atom. The van der Waals surface area contributed by atoms with Crippen molar-refractivity contribution < 1.29 is 28.0 Å². The van der Waals surface area contributed by atoms with Crippen LogP contribution in [-0.2, 0) is 28.0 Å². The molecule has 0 amide bonds. The molecule has 1 nitrogen and oxygen atoms in total. The molecule has 0 radical (unpaired) electrons. The van der Waals surface area contributed by atoms with Crippen LogP contribution < -0.4 is 0 Å². The van der Waals surface area contributed by atoms with E-state index < -0.39 is 0 Å². The summed E-state index contributed by atoms with van der Waals surface area (Å²) in [6, 6.07) is 0. The summed E-state index contributed by atoms with van der Waals surface area (Å²) in [6.45, 7) is 0. The van der Waals surface area contributed by atoms with Gasteiger partial charge < -0.3 is 0 Å². The fourth-order valence-electron chi connectivity index (χ4n) is 0.309. The average Bonchev–Trinajstić information content (AvgIpc) is 1.87. The molecule has 0 bridgehead atoms. The van der Waals surface area contributed by atoms with Crippen molar-refractivity contribution in [1.82, 2.24) is 0 Å². The van der Waals surface area contributed by atoms with E-state index in [4.69, 9.17) is 37.6 Å². The van der Waals surface area contributed by atoms with Crippen molar-refractivity contribution in [2.75, 3.05) is 5.88 Å². The van der Waals surface area contributed by atoms with Crippen LogP contribution in [0.25, 0.3) is 0 Å². The monoisotopic (exact) mass is 265 g/mol. The first-order chi connectivity index (χ1) is 4.22. The molecular weight excluding hydrogens is 262 g/mol. The predicted molar refractivity (Wildman–Crippen MR) is 35.7 cm³/mol. The second-order valence-corrected chi connectivity index (χ2v) is 3.41. The van der Waals surface area contributed by atoms with Crippen LogP contribution in [-0.4, -0.2) is 16.8 Å². The molecule has 9 heavy (non-hydrogen) atoms. The Hall–Kier alpha value is 1.71. The zero-order valence-electron chi connectivity index (χ0n) is 4.61. The molecule has 5 heteroatoms. The molecular formula is C4H6Cl3OZr. The van der Waals surface area contributed by atoms with E-state index in [2.05, 4.69) is 0 Å². The molecule has 2 unspecified atom stereocenters. The molecule has 0 rings (SSSR count). The Labute approximate surface area is 85.4 Å². The minimum absolute atomic E-state index is 0.163. The van der Waals surface area contributed by atoms with Crippen molar-refractivity contribution >= 4 is 34.8 Å². The molecule has 0 saturated heterocycles. The molecule has 2 atom stereocenters. The second-order valence-electron chi connectivity index (χ2n) is 1.46. The van der Waals surface area contributed by atoms with Crippen molar-refractivity contribution in [3.8, 4) is 0 Å². The molecule has 0 aliphatic rings. The van der Waals surface area contributed by atoms with Gasteiger partial charge in [-0.25, -0.2) is 0 Å². The van der Waals surface area contributed by atoms with Crippen LogP contribution in [0.2, 0.25) is 0 Å². The van der Waals surface area contributed by atoms with Gasteiger partial charge in [0.25, 0.3) is 0 Å². The number of rotatable bonds is 4. The van der Waals surface area contributed by atoms with E-state index in [0.29, 0.717) is 12.3 Å². The number of halogens is 3. The van der Waals surface area contributed by atoms with Gasteiger partial charge in [0.1, 0.15) is 0 Å². The molecule has 0 aliphatic carbocycles. The topological polar surface area (TPSA) is 9.23 Å². The van der Waals surface area contributed by atoms with Crippen LogP contribution in [0, 0.1) is 0 Å². The zero-order valence-corrected chi connectivity index (χ0v) is 9.34. The molecule has 0 aromatic carbocycles. The number of alkyl halides is 3. The summed E-state index contributed by atoms with van der Waals surface area (Å²) in [5, 5.41) is -0.163. The first-order valence-electron chi connectivity index (χ1n) is 2.39. The van der Waals surface area contributed by atoms with Crippen LogP contribution in [0.4, 0.5) is 0 Å². The third-order valence-corrected chi connectivity index (χ3v) is 2.96. The van der Waals surface area contributed by atoms with Gasteiger partial charge in [-0.1, -0.05) is 0 Å². The average molecular weight is 268 g/mol. The van der Waals surface area contributed by atoms with E-state index in [-0.39, 0.29) is 10.9 Å². The second kappa shape index (κ2) is 6.43. The van der Waals surface area contributed by atoms with Gasteiger partial charge in [-0.15, -0.1) is 0 Å². The first kappa shape index (κ1) is 10.7. The first-order valence-corrected chi connectivity index (χ1v) is 4.80. The van der Waals surface area contributed by atoms with Gasteiger partial charge >= 0.3 is 86.0 Å². The van der Waals surface area contributed by atoms with Crippen molar-refractivity contribution in [3.05, 3.63) is 0 Å². The number of hydrogen-bond donors (Lipinski definition) is 0. The Kier molecular flexibility index (Phi) is 7.65. The van der Waals surface area contributed by atoms with Gasteiger partial charge in [0, 0.05) is 0 Å². The van der Waals surface area contributed by atoms with Crippen LogP contribution in [0.5, 0.6) is 0 Å². The standard InChI is InChI=1S/C4H6Cl3O.Zr/c5-2-1-3(6)4(7)8;/h3-4H,1-2H2;/q-1;+1. The number of hydrogen-bond acceptors (Lipinski definition) is 1. The Bertz CT molecular complexity index is 72.8. The Morgan fingerprint density at radius 3 is 2.33 bits per heavy atom. The Balaban J connectivity index is 3.32. The summed E-state index contributed by atoms with van der Waals surface area (Å²) in [6.07, 6.45) is 0.686. The van der Waals surface area contributed by atoms with Gasteiger partial charge in [0.2, 0.25) is 0 Å². The van der Waals surface area contributed by atoms with Gasteiger partial charge in [0.05, 0.1) is 0 Å². The molecule has 53 valence electrons. The zero-order chi connectivity index (χ0) is 7.28. The quantitative estimate of drug-likeness (QED) is 0.710. The molecule has 0 N–H and O–H groups in total. The molecule has 0 fully saturated rings. The molecule has 0 aliphatic heterocycles. The van der Waals surface area contributed by atoms with Crippen molar-refractivity contribution in [1.29, 1.82) is 0 Å².